The third-order valence-corrected chi connectivity index (χ3v) is 4.52. The molecule has 0 spiro atoms. The zero-order valence-electron chi connectivity index (χ0n) is 10.2. The molecular formula is C13H11BrFNO3S. The van der Waals surface area contributed by atoms with Crippen molar-refractivity contribution in [3.63, 3.8) is 0 Å². The van der Waals surface area contributed by atoms with Gasteiger partial charge in [0.25, 0.3) is 10.0 Å². The van der Waals surface area contributed by atoms with Gasteiger partial charge in [-0.2, -0.15) is 0 Å². The first-order chi connectivity index (χ1) is 9.42. The Morgan fingerprint density at radius 3 is 2.60 bits per heavy atom. The molecule has 7 heteroatoms. The molecule has 2 aromatic carbocycles. The molecule has 2 aromatic rings. The normalized spacial score (nSPS) is 11.3. The molecule has 0 aliphatic rings. The van der Waals surface area contributed by atoms with E-state index in [0.717, 1.165) is 12.1 Å². The fourth-order valence-electron chi connectivity index (χ4n) is 1.67. The van der Waals surface area contributed by atoms with Crippen LogP contribution in [0.5, 0.6) is 0 Å². The Kier molecular flexibility index (Phi) is 4.42. The molecule has 0 atom stereocenters. The average molecular weight is 360 g/mol. The van der Waals surface area contributed by atoms with Crippen LogP contribution in [-0.4, -0.2) is 13.5 Å². The van der Waals surface area contributed by atoms with Crippen LogP contribution in [0.2, 0.25) is 0 Å². The van der Waals surface area contributed by atoms with Gasteiger partial charge < -0.3 is 5.11 Å². The number of hydrogen-bond donors (Lipinski definition) is 2. The Hall–Kier alpha value is -1.44. The summed E-state index contributed by atoms with van der Waals surface area (Å²) >= 11 is 3.23. The molecule has 0 aliphatic heterocycles. The Bertz CT molecular complexity index is 734. The van der Waals surface area contributed by atoms with Gasteiger partial charge in [0.05, 0.1) is 11.5 Å². The second kappa shape index (κ2) is 5.90. The van der Waals surface area contributed by atoms with Crippen LogP contribution >= 0.6 is 15.9 Å². The van der Waals surface area contributed by atoms with Gasteiger partial charge in [0.1, 0.15) is 5.82 Å². The number of aliphatic hydroxyl groups is 1. The van der Waals surface area contributed by atoms with E-state index in [0.29, 0.717) is 10.2 Å². The number of sulfonamides is 1. The Morgan fingerprint density at radius 2 is 1.95 bits per heavy atom. The largest absolute Gasteiger partial charge is 0.392 e. The molecule has 0 heterocycles. The summed E-state index contributed by atoms with van der Waals surface area (Å²) in [5.74, 6) is -0.684. The molecule has 20 heavy (non-hydrogen) atoms. The SMILES string of the molecule is O=S(=O)(Nc1cccc(Br)c1)c1cc(F)ccc1CO. The van der Waals surface area contributed by atoms with Crippen LogP contribution in [0, 0.1) is 5.82 Å². The molecule has 0 radical (unpaired) electrons. The molecule has 2 N–H and O–H groups in total. The predicted octanol–water partition coefficient (Wildman–Crippen LogP) is 2.88. The summed E-state index contributed by atoms with van der Waals surface area (Å²) in [5.41, 5.74) is 0.474. The topological polar surface area (TPSA) is 66.4 Å². The Labute approximate surface area is 124 Å². The summed E-state index contributed by atoms with van der Waals surface area (Å²) in [6.45, 7) is -0.491. The lowest BCUT2D eigenvalue weighted by molar-refractivity contribution is 0.278. The molecule has 0 saturated heterocycles. The minimum atomic E-state index is -3.97. The van der Waals surface area contributed by atoms with Gasteiger partial charge in [-0.15, -0.1) is 0 Å². The van der Waals surface area contributed by atoms with Crippen molar-refractivity contribution in [3.8, 4) is 0 Å². The van der Waals surface area contributed by atoms with Crippen molar-refractivity contribution in [1.29, 1.82) is 0 Å². The van der Waals surface area contributed by atoms with Crippen molar-refractivity contribution in [2.24, 2.45) is 0 Å². The predicted molar refractivity (Wildman–Crippen MR) is 77.3 cm³/mol. The highest BCUT2D eigenvalue weighted by molar-refractivity contribution is 9.10. The second-order valence-corrected chi connectivity index (χ2v) is 6.59. The lowest BCUT2D eigenvalue weighted by atomic mass is 10.2. The molecule has 0 amide bonds. The maximum absolute atomic E-state index is 13.2. The standard InChI is InChI=1S/C13H11BrFNO3S/c14-10-2-1-3-12(6-10)16-20(18,19)13-7-11(15)5-4-9(13)8-17/h1-7,16-17H,8H2. The van der Waals surface area contributed by atoms with E-state index in [1.54, 1.807) is 24.3 Å². The lowest BCUT2D eigenvalue weighted by Gasteiger charge is -2.11. The highest BCUT2D eigenvalue weighted by Gasteiger charge is 2.19. The molecule has 0 fully saturated rings. The zero-order valence-corrected chi connectivity index (χ0v) is 12.6. The third-order valence-electron chi connectivity index (χ3n) is 2.57. The van der Waals surface area contributed by atoms with Gasteiger partial charge in [0.15, 0.2) is 0 Å². The minimum Gasteiger partial charge on any atom is -0.392 e. The number of benzene rings is 2. The smallest absolute Gasteiger partial charge is 0.262 e. The van der Waals surface area contributed by atoms with Crippen molar-refractivity contribution < 1.29 is 17.9 Å². The maximum atomic E-state index is 13.2. The number of hydrogen-bond acceptors (Lipinski definition) is 3. The molecule has 4 nitrogen and oxygen atoms in total. The maximum Gasteiger partial charge on any atom is 0.262 e. The monoisotopic (exact) mass is 359 g/mol. The molecule has 0 saturated carbocycles. The van der Waals surface area contributed by atoms with Crippen molar-refractivity contribution in [3.05, 3.63) is 58.3 Å². The summed E-state index contributed by atoms with van der Waals surface area (Å²) in [6.07, 6.45) is 0. The van der Waals surface area contributed by atoms with Crippen molar-refractivity contribution in [2.75, 3.05) is 4.72 Å². The van der Waals surface area contributed by atoms with E-state index in [-0.39, 0.29) is 10.5 Å². The van der Waals surface area contributed by atoms with Crippen LogP contribution in [0.15, 0.2) is 51.8 Å². The Morgan fingerprint density at radius 1 is 1.20 bits per heavy atom. The highest BCUT2D eigenvalue weighted by Crippen LogP contribution is 2.22. The van der Waals surface area contributed by atoms with Crippen LogP contribution in [-0.2, 0) is 16.6 Å². The highest BCUT2D eigenvalue weighted by atomic mass is 79.9. The van der Waals surface area contributed by atoms with Crippen LogP contribution in [0.1, 0.15) is 5.56 Å². The van der Waals surface area contributed by atoms with Crippen LogP contribution in [0.4, 0.5) is 10.1 Å². The molecular weight excluding hydrogens is 349 g/mol. The molecule has 0 aliphatic carbocycles. The van der Waals surface area contributed by atoms with E-state index in [9.17, 15) is 12.8 Å². The van der Waals surface area contributed by atoms with Crippen molar-refractivity contribution >= 4 is 31.6 Å². The average Bonchev–Trinajstić information content (AvgIpc) is 2.38. The molecule has 0 aromatic heterocycles. The first kappa shape index (κ1) is 15.0. The molecule has 0 bridgehead atoms. The van der Waals surface area contributed by atoms with E-state index >= 15 is 0 Å². The number of anilines is 1. The fraction of sp³-hybridized carbons (Fsp3) is 0.0769. The molecule has 106 valence electrons. The number of rotatable bonds is 4. The first-order valence-corrected chi connectivity index (χ1v) is 7.87. The molecule has 0 unspecified atom stereocenters. The summed E-state index contributed by atoms with van der Waals surface area (Å²) < 4.78 is 40.8. The van der Waals surface area contributed by atoms with E-state index in [1.165, 1.54) is 6.07 Å². The van der Waals surface area contributed by atoms with Crippen molar-refractivity contribution in [1.82, 2.24) is 0 Å². The van der Waals surface area contributed by atoms with E-state index in [4.69, 9.17) is 5.11 Å². The van der Waals surface area contributed by atoms with Gasteiger partial charge in [0.2, 0.25) is 0 Å². The van der Waals surface area contributed by atoms with Crippen LogP contribution < -0.4 is 4.72 Å². The van der Waals surface area contributed by atoms with Crippen LogP contribution in [0.3, 0.4) is 0 Å². The van der Waals surface area contributed by atoms with Gasteiger partial charge in [-0.05, 0) is 35.9 Å². The third kappa shape index (κ3) is 3.36. The van der Waals surface area contributed by atoms with Gasteiger partial charge in [-0.25, -0.2) is 12.8 Å². The summed E-state index contributed by atoms with van der Waals surface area (Å²) in [4.78, 5) is -0.278. The van der Waals surface area contributed by atoms with Crippen molar-refractivity contribution in [2.45, 2.75) is 11.5 Å². The first-order valence-electron chi connectivity index (χ1n) is 5.60. The fourth-order valence-corrected chi connectivity index (χ4v) is 3.36. The van der Waals surface area contributed by atoms with Crippen LogP contribution in [0.25, 0.3) is 0 Å². The summed E-state index contributed by atoms with van der Waals surface area (Å²) in [6, 6.07) is 9.79. The van der Waals surface area contributed by atoms with Gasteiger partial charge in [-0.3, -0.25) is 4.72 Å². The summed E-state index contributed by atoms with van der Waals surface area (Å²) in [5, 5.41) is 9.16. The summed E-state index contributed by atoms with van der Waals surface area (Å²) in [7, 11) is -3.97. The number of nitrogens with one attached hydrogen (secondary N) is 1. The lowest BCUT2D eigenvalue weighted by Crippen LogP contribution is -2.15. The quantitative estimate of drug-likeness (QED) is 0.881. The van der Waals surface area contributed by atoms with Gasteiger partial charge >= 0.3 is 0 Å². The minimum absolute atomic E-state index is 0.133. The van der Waals surface area contributed by atoms with Gasteiger partial charge in [0, 0.05) is 10.2 Å². The van der Waals surface area contributed by atoms with E-state index < -0.39 is 22.4 Å². The number of halogens is 2. The Balaban J connectivity index is 2.43. The van der Waals surface area contributed by atoms with E-state index in [1.807, 2.05) is 0 Å². The van der Waals surface area contributed by atoms with Gasteiger partial charge in [-0.1, -0.05) is 28.1 Å². The van der Waals surface area contributed by atoms with E-state index in [2.05, 4.69) is 20.7 Å². The zero-order chi connectivity index (χ0) is 14.8. The molecule has 2 rings (SSSR count). The number of aliphatic hydroxyl groups excluding tert-OH is 1. The second-order valence-electron chi connectivity index (χ2n) is 4.03.